The second-order valence-electron chi connectivity index (χ2n) is 14.2. The van der Waals surface area contributed by atoms with Gasteiger partial charge in [0.05, 0.1) is 31.1 Å². The number of morpholine rings is 1. The van der Waals surface area contributed by atoms with Gasteiger partial charge in [0.25, 0.3) is 5.91 Å². The summed E-state index contributed by atoms with van der Waals surface area (Å²) < 4.78 is 21.2. The summed E-state index contributed by atoms with van der Waals surface area (Å²) in [4.78, 5) is 38.7. The lowest BCUT2D eigenvalue weighted by Crippen LogP contribution is -2.62. The Morgan fingerprint density at radius 1 is 1.17 bits per heavy atom. The van der Waals surface area contributed by atoms with Gasteiger partial charge in [-0.15, -0.1) is 5.10 Å². The molecule has 2 amide bonds. The lowest BCUT2D eigenvalue weighted by atomic mass is 9.90. The number of carbonyl (C=O) groups is 2. The monoisotopic (exact) mass is 634 g/mol. The Morgan fingerprint density at radius 2 is 1.93 bits per heavy atom. The van der Waals surface area contributed by atoms with Gasteiger partial charge in [-0.1, -0.05) is 26.0 Å². The number of benzene rings is 1. The Kier molecular flexibility index (Phi) is 9.17. The number of amides is 2. The average Bonchev–Trinajstić information content (AvgIpc) is 3.55. The van der Waals surface area contributed by atoms with Crippen molar-refractivity contribution in [2.75, 3.05) is 57.4 Å². The van der Waals surface area contributed by atoms with E-state index in [0.29, 0.717) is 31.2 Å². The molecule has 0 bridgehead atoms. The van der Waals surface area contributed by atoms with Crippen molar-refractivity contribution in [1.82, 2.24) is 35.0 Å². The van der Waals surface area contributed by atoms with Crippen LogP contribution in [0.1, 0.15) is 69.0 Å². The number of carbonyl (C=O) groups excluding carboxylic acids is 2. The molecule has 2 fully saturated rings. The molecule has 0 saturated carbocycles. The molecule has 3 aliphatic rings. The minimum Gasteiger partial charge on any atom is -0.379 e. The van der Waals surface area contributed by atoms with Crippen molar-refractivity contribution in [3.8, 4) is 0 Å². The van der Waals surface area contributed by atoms with Crippen LogP contribution in [0.4, 0.5) is 10.1 Å². The Bertz CT molecular complexity index is 1590. The lowest BCUT2D eigenvalue weighted by molar-refractivity contribution is -0.121. The third-order valence-electron chi connectivity index (χ3n) is 9.39. The maximum atomic E-state index is 14.3. The van der Waals surface area contributed by atoms with Crippen LogP contribution in [-0.2, 0) is 21.4 Å². The van der Waals surface area contributed by atoms with Gasteiger partial charge in [-0.2, -0.15) is 0 Å². The smallest absolute Gasteiger partial charge is 0.291 e. The molecule has 3 atom stereocenters. The van der Waals surface area contributed by atoms with E-state index in [1.165, 1.54) is 12.1 Å². The van der Waals surface area contributed by atoms with E-state index in [4.69, 9.17) is 14.8 Å². The van der Waals surface area contributed by atoms with Crippen LogP contribution in [0, 0.1) is 5.82 Å². The van der Waals surface area contributed by atoms with Crippen LogP contribution >= 0.6 is 0 Å². The minimum atomic E-state index is -0.448. The summed E-state index contributed by atoms with van der Waals surface area (Å²) in [6.07, 6.45) is 0.443. The van der Waals surface area contributed by atoms with E-state index in [9.17, 15) is 14.0 Å². The number of hydrogen-bond acceptors (Lipinski definition) is 8. The number of hydrogen-bond donors (Lipinski definition) is 2. The summed E-state index contributed by atoms with van der Waals surface area (Å²) in [7, 11) is 0. The predicted octanol–water partition coefficient (Wildman–Crippen LogP) is 2.60. The first-order valence-electron chi connectivity index (χ1n) is 16.5. The molecule has 0 aliphatic carbocycles. The molecule has 0 spiro atoms. The van der Waals surface area contributed by atoms with Gasteiger partial charge < -0.3 is 20.3 Å². The van der Waals surface area contributed by atoms with Crippen molar-refractivity contribution in [1.29, 1.82) is 0 Å². The lowest BCUT2D eigenvalue weighted by Gasteiger charge is -2.43. The van der Waals surface area contributed by atoms with E-state index in [1.54, 1.807) is 16.6 Å². The number of rotatable bonds is 8. The Labute approximate surface area is 270 Å². The zero-order valence-corrected chi connectivity index (χ0v) is 27.8. The zero-order chi connectivity index (χ0) is 32.7. The summed E-state index contributed by atoms with van der Waals surface area (Å²) in [6, 6.07) is 9.13. The van der Waals surface area contributed by atoms with Crippen LogP contribution in [0.3, 0.4) is 0 Å². The van der Waals surface area contributed by atoms with Gasteiger partial charge in [0.2, 0.25) is 11.7 Å². The quantitative estimate of drug-likeness (QED) is 0.390. The van der Waals surface area contributed by atoms with Gasteiger partial charge >= 0.3 is 0 Å². The average molecular weight is 635 g/mol. The maximum absolute atomic E-state index is 14.3. The first-order valence-corrected chi connectivity index (χ1v) is 16.5. The highest BCUT2D eigenvalue weighted by atomic mass is 19.1. The van der Waals surface area contributed by atoms with Crippen LogP contribution < -0.4 is 15.5 Å². The normalized spacial score (nSPS) is 23.7. The second-order valence-corrected chi connectivity index (χ2v) is 14.2. The number of anilines is 1. The van der Waals surface area contributed by atoms with Crippen LogP contribution in [0.25, 0.3) is 5.65 Å². The summed E-state index contributed by atoms with van der Waals surface area (Å²) in [6.45, 7) is 18.0. The number of nitrogens with zero attached hydrogens (tertiary/aromatic N) is 6. The SMILES string of the molecule is CC(C)NC(=O)c1nc2c(Cc3ccc(F)cc3)cc3c(n2n1)C(C)(C)CN3C(=O)CN1C[C@@H](C)NC[C@@H]1CN1CCOC[C@H]1C. The van der Waals surface area contributed by atoms with E-state index in [2.05, 4.69) is 48.1 Å². The molecule has 1 aromatic carbocycles. The molecular formula is C34H47FN8O3. The van der Waals surface area contributed by atoms with Crippen molar-refractivity contribution >= 4 is 23.1 Å². The van der Waals surface area contributed by atoms with E-state index in [0.717, 1.165) is 61.9 Å². The first kappa shape index (κ1) is 32.5. The molecule has 3 aromatic rings. The van der Waals surface area contributed by atoms with Crippen molar-refractivity contribution in [2.24, 2.45) is 0 Å². The number of fused-ring (bicyclic) bond motifs is 3. The van der Waals surface area contributed by atoms with Gasteiger partial charge in [0.1, 0.15) is 5.82 Å². The van der Waals surface area contributed by atoms with Gasteiger partial charge in [0.15, 0.2) is 5.65 Å². The third kappa shape index (κ3) is 6.67. The van der Waals surface area contributed by atoms with Crippen molar-refractivity contribution in [2.45, 2.75) is 77.5 Å². The fourth-order valence-electron chi connectivity index (χ4n) is 7.04. The fourth-order valence-corrected chi connectivity index (χ4v) is 7.04. The molecule has 3 aliphatic heterocycles. The van der Waals surface area contributed by atoms with Gasteiger partial charge in [-0.25, -0.2) is 13.9 Å². The van der Waals surface area contributed by atoms with Gasteiger partial charge in [0, 0.05) is 74.3 Å². The van der Waals surface area contributed by atoms with Crippen LogP contribution in [0.2, 0.25) is 0 Å². The summed E-state index contributed by atoms with van der Waals surface area (Å²) in [5, 5.41) is 11.2. The Balaban J connectivity index is 1.35. The van der Waals surface area contributed by atoms with E-state index < -0.39 is 5.41 Å². The summed E-state index contributed by atoms with van der Waals surface area (Å²) in [5.41, 5.74) is 3.45. The van der Waals surface area contributed by atoms with Crippen LogP contribution in [0.15, 0.2) is 30.3 Å². The number of nitrogens with one attached hydrogen (secondary N) is 2. The summed E-state index contributed by atoms with van der Waals surface area (Å²) >= 11 is 0. The fraction of sp³-hybridized carbons (Fsp3) is 0.588. The molecule has 11 nitrogen and oxygen atoms in total. The van der Waals surface area contributed by atoms with E-state index in [1.807, 2.05) is 24.8 Å². The minimum absolute atomic E-state index is 0.0333. The molecule has 12 heteroatoms. The highest BCUT2D eigenvalue weighted by molar-refractivity contribution is 5.98. The molecule has 0 radical (unpaired) electrons. The molecule has 2 saturated heterocycles. The molecule has 5 heterocycles. The Hall–Kier alpha value is -3.45. The first-order chi connectivity index (χ1) is 21.9. The van der Waals surface area contributed by atoms with Crippen LogP contribution in [0.5, 0.6) is 0 Å². The molecule has 46 heavy (non-hydrogen) atoms. The molecule has 2 aromatic heterocycles. The van der Waals surface area contributed by atoms with Crippen molar-refractivity contribution in [3.05, 3.63) is 58.8 Å². The number of halogens is 1. The molecule has 2 N–H and O–H groups in total. The van der Waals surface area contributed by atoms with Crippen LogP contribution in [-0.4, -0.2) is 113 Å². The van der Waals surface area contributed by atoms with E-state index >= 15 is 0 Å². The molecule has 0 unspecified atom stereocenters. The number of aromatic nitrogens is 3. The highest BCUT2D eigenvalue weighted by Gasteiger charge is 2.43. The van der Waals surface area contributed by atoms with Crippen molar-refractivity contribution in [3.63, 3.8) is 0 Å². The topological polar surface area (TPSA) is 107 Å². The largest absolute Gasteiger partial charge is 0.379 e. The molecular weight excluding hydrogens is 587 g/mol. The maximum Gasteiger partial charge on any atom is 0.291 e. The second kappa shape index (κ2) is 13.0. The molecule has 6 rings (SSSR count). The van der Waals surface area contributed by atoms with Gasteiger partial charge in [-0.3, -0.25) is 19.4 Å². The van der Waals surface area contributed by atoms with Gasteiger partial charge in [-0.05, 0) is 51.5 Å². The highest BCUT2D eigenvalue weighted by Crippen LogP contribution is 2.42. The standard InChI is InChI=1S/C34H47FN8O3/c1-21(2)37-33(45)31-38-32-25(13-24-7-9-26(35)10-8-24)14-28-30(43(32)39-31)34(5,6)20-42(28)29(44)18-41-16-22(3)36-15-27(41)17-40-11-12-46-19-23(40)4/h7-10,14,21-23,27,36H,11-13,15-20H2,1-6H3,(H,37,45)/t22-,23-,27-/m1/s1. The third-order valence-corrected chi connectivity index (χ3v) is 9.39. The Morgan fingerprint density at radius 3 is 2.65 bits per heavy atom. The van der Waals surface area contributed by atoms with E-state index in [-0.39, 0.29) is 41.6 Å². The zero-order valence-electron chi connectivity index (χ0n) is 27.8. The number of piperazine rings is 1. The number of ether oxygens (including phenoxy) is 1. The van der Waals surface area contributed by atoms with Crippen molar-refractivity contribution < 1.29 is 18.7 Å². The number of pyridine rings is 1. The summed E-state index contributed by atoms with van der Waals surface area (Å²) in [5.74, 6) is -0.540. The predicted molar refractivity (Wildman–Crippen MR) is 175 cm³/mol. The molecule has 248 valence electrons.